The maximum atomic E-state index is 13.9. The van der Waals surface area contributed by atoms with Crippen molar-refractivity contribution in [3.05, 3.63) is 29.6 Å². The van der Waals surface area contributed by atoms with E-state index >= 15 is 0 Å². The highest BCUT2D eigenvalue weighted by molar-refractivity contribution is 5.29. The molecule has 3 saturated heterocycles. The lowest BCUT2D eigenvalue weighted by atomic mass is 9.75. The molecule has 0 aromatic heterocycles. The zero-order chi connectivity index (χ0) is 17.1. The molecule has 2 bridgehead atoms. The zero-order valence-corrected chi connectivity index (χ0v) is 14.8. The van der Waals surface area contributed by atoms with Gasteiger partial charge in [-0.3, -0.25) is 4.90 Å². The number of hydrogen-bond donors (Lipinski definition) is 0. The van der Waals surface area contributed by atoms with Crippen LogP contribution in [0.5, 0.6) is 5.75 Å². The average molecular weight is 347 g/mol. The fraction of sp³-hybridized carbons (Fsp3) is 0.700. The Morgan fingerprint density at radius 3 is 2.88 bits per heavy atom. The minimum atomic E-state index is -0.281. The first kappa shape index (κ1) is 16.0. The molecule has 0 amide bonds. The Balaban J connectivity index is 1.13. The van der Waals surface area contributed by atoms with Crippen LogP contribution in [0.25, 0.3) is 0 Å². The van der Waals surface area contributed by atoms with Crippen LogP contribution in [0.2, 0.25) is 0 Å². The van der Waals surface area contributed by atoms with Crippen molar-refractivity contribution in [2.45, 2.75) is 31.4 Å². The van der Waals surface area contributed by atoms with Gasteiger partial charge in [-0.25, -0.2) is 4.39 Å². The fourth-order valence-corrected chi connectivity index (χ4v) is 5.24. The van der Waals surface area contributed by atoms with Crippen LogP contribution in [0.15, 0.2) is 18.2 Å². The number of nitrogens with zero attached hydrogens (tertiary/aromatic N) is 1. The largest absolute Gasteiger partial charge is 0.494 e. The summed E-state index contributed by atoms with van der Waals surface area (Å²) < 4.78 is 30.8. The first-order valence-corrected chi connectivity index (χ1v) is 9.36. The Morgan fingerprint density at radius 1 is 1.28 bits per heavy atom. The highest BCUT2D eigenvalue weighted by Crippen LogP contribution is 2.58. The van der Waals surface area contributed by atoms with Crippen molar-refractivity contribution in [2.75, 3.05) is 40.0 Å². The third kappa shape index (κ3) is 2.77. The smallest absolute Gasteiger partial charge is 0.165 e. The van der Waals surface area contributed by atoms with Gasteiger partial charge in [-0.1, -0.05) is 6.07 Å². The average Bonchev–Trinajstić information content (AvgIpc) is 2.93. The second kappa shape index (κ2) is 5.66. The second-order valence-electron chi connectivity index (χ2n) is 8.66. The van der Waals surface area contributed by atoms with Crippen molar-refractivity contribution in [2.24, 2.45) is 17.3 Å². The van der Waals surface area contributed by atoms with Gasteiger partial charge in [0.15, 0.2) is 11.6 Å². The summed E-state index contributed by atoms with van der Waals surface area (Å²) in [5, 5.41) is 0. The highest BCUT2D eigenvalue weighted by atomic mass is 19.1. The molecule has 25 heavy (non-hydrogen) atoms. The Hall–Kier alpha value is -1.17. The Morgan fingerprint density at radius 2 is 2.16 bits per heavy atom. The lowest BCUT2D eigenvalue weighted by Crippen LogP contribution is -2.41. The van der Waals surface area contributed by atoms with E-state index in [0.717, 1.165) is 56.9 Å². The summed E-state index contributed by atoms with van der Waals surface area (Å²) in [6.07, 6.45) is 3.66. The van der Waals surface area contributed by atoms with Gasteiger partial charge in [-0.05, 0) is 48.8 Å². The molecule has 0 N–H and O–H groups in total. The monoisotopic (exact) mass is 347 g/mol. The van der Waals surface area contributed by atoms with E-state index in [2.05, 4.69) is 4.90 Å². The van der Waals surface area contributed by atoms with E-state index in [-0.39, 0.29) is 11.4 Å². The molecule has 1 aromatic rings. The minimum Gasteiger partial charge on any atom is -0.494 e. The highest BCUT2D eigenvalue weighted by Gasteiger charge is 2.60. The lowest BCUT2D eigenvalue weighted by molar-refractivity contribution is -0.0786. The number of likely N-dealkylation sites (tertiary alicyclic amines) is 1. The van der Waals surface area contributed by atoms with E-state index in [1.807, 2.05) is 6.07 Å². The van der Waals surface area contributed by atoms with E-state index in [1.165, 1.54) is 26.4 Å². The van der Waals surface area contributed by atoms with Crippen LogP contribution in [0.1, 0.15) is 24.8 Å². The number of benzene rings is 1. The van der Waals surface area contributed by atoms with Crippen molar-refractivity contribution in [1.82, 2.24) is 4.90 Å². The quantitative estimate of drug-likeness (QED) is 0.759. The molecule has 5 heteroatoms. The summed E-state index contributed by atoms with van der Waals surface area (Å²) in [7, 11) is 1.50. The van der Waals surface area contributed by atoms with E-state index in [9.17, 15) is 4.39 Å². The first-order valence-electron chi connectivity index (χ1n) is 9.36. The number of piperidine rings is 1. The molecular weight excluding hydrogens is 321 g/mol. The van der Waals surface area contributed by atoms with Gasteiger partial charge in [0.05, 0.1) is 32.5 Å². The van der Waals surface area contributed by atoms with Gasteiger partial charge >= 0.3 is 0 Å². The molecule has 1 aromatic carbocycles. The summed E-state index contributed by atoms with van der Waals surface area (Å²) in [4.78, 5) is 2.43. The molecule has 2 aliphatic carbocycles. The zero-order valence-electron chi connectivity index (χ0n) is 14.8. The molecule has 0 spiro atoms. The van der Waals surface area contributed by atoms with Crippen LogP contribution in [-0.4, -0.2) is 50.5 Å². The van der Waals surface area contributed by atoms with Crippen LogP contribution in [-0.2, 0) is 16.0 Å². The maximum absolute atomic E-state index is 13.9. The number of methoxy groups -OCH3 is 1. The molecule has 4 nitrogen and oxygen atoms in total. The number of hydrogen-bond acceptors (Lipinski definition) is 4. The van der Waals surface area contributed by atoms with E-state index in [0.29, 0.717) is 11.2 Å². The first-order chi connectivity index (χ1) is 12.1. The topological polar surface area (TPSA) is 30.9 Å². The second-order valence-corrected chi connectivity index (χ2v) is 8.66. The number of halogens is 1. The number of rotatable bonds is 7. The van der Waals surface area contributed by atoms with Gasteiger partial charge in [0.25, 0.3) is 0 Å². The predicted octanol–water partition coefficient (Wildman–Crippen LogP) is 2.85. The van der Waals surface area contributed by atoms with Crippen LogP contribution >= 0.6 is 0 Å². The standard InChI is InChI=1S/C20H26FNO3/c1-23-18-3-2-14(4-17(18)21)8-22-9-16-7-19(16,11-22)12-24-13-20-5-15(6-20)10-25-20/h2-4,15-16H,5-13H2,1H3. The SMILES string of the molecule is COc1ccc(CN2CC3CC3(COCC34CC(CO3)C4)C2)cc1F. The molecular formula is C20H26FNO3. The molecule has 136 valence electrons. The Bertz CT molecular complexity index is 669. The summed E-state index contributed by atoms with van der Waals surface area (Å²) in [5.41, 5.74) is 1.41. The van der Waals surface area contributed by atoms with Gasteiger partial charge in [0, 0.05) is 25.0 Å². The van der Waals surface area contributed by atoms with Crippen LogP contribution < -0.4 is 4.74 Å². The normalized spacial score (nSPS) is 38.5. The summed E-state index contributed by atoms with van der Waals surface area (Å²) in [5.74, 6) is 1.57. The molecule has 6 rings (SSSR count). The maximum Gasteiger partial charge on any atom is 0.165 e. The molecule has 3 heterocycles. The molecule has 2 atom stereocenters. The van der Waals surface area contributed by atoms with Gasteiger partial charge in [-0.2, -0.15) is 0 Å². The minimum absolute atomic E-state index is 0.0601. The number of ether oxygens (including phenoxy) is 3. The van der Waals surface area contributed by atoms with Gasteiger partial charge in [0.1, 0.15) is 0 Å². The van der Waals surface area contributed by atoms with Crippen LogP contribution in [0.4, 0.5) is 4.39 Å². The van der Waals surface area contributed by atoms with Crippen molar-refractivity contribution < 1.29 is 18.6 Å². The van der Waals surface area contributed by atoms with E-state index in [1.54, 1.807) is 12.1 Å². The van der Waals surface area contributed by atoms with Crippen molar-refractivity contribution >= 4 is 0 Å². The molecule has 2 saturated carbocycles. The third-order valence-corrected chi connectivity index (χ3v) is 6.70. The summed E-state index contributed by atoms with van der Waals surface area (Å²) in [6, 6.07) is 5.27. The third-order valence-electron chi connectivity index (χ3n) is 6.70. The van der Waals surface area contributed by atoms with Gasteiger partial charge < -0.3 is 14.2 Å². The predicted molar refractivity (Wildman–Crippen MR) is 91.0 cm³/mol. The molecule has 0 radical (unpaired) electrons. The Labute approximate surface area is 148 Å². The molecule has 5 fully saturated rings. The van der Waals surface area contributed by atoms with Crippen molar-refractivity contribution in [1.29, 1.82) is 0 Å². The Kier molecular flexibility index (Phi) is 3.63. The summed E-state index contributed by atoms with van der Waals surface area (Å²) in [6.45, 7) is 5.50. The molecule has 2 unspecified atom stereocenters. The van der Waals surface area contributed by atoms with E-state index < -0.39 is 0 Å². The molecule has 3 aliphatic heterocycles. The van der Waals surface area contributed by atoms with Crippen LogP contribution in [0.3, 0.4) is 0 Å². The summed E-state index contributed by atoms with van der Waals surface area (Å²) >= 11 is 0. The lowest BCUT2D eigenvalue weighted by Gasteiger charge is -2.35. The van der Waals surface area contributed by atoms with Crippen LogP contribution in [0, 0.1) is 23.1 Å². The van der Waals surface area contributed by atoms with E-state index in [4.69, 9.17) is 14.2 Å². The van der Waals surface area contributed by atoms with Crippen molar-refractivity contribution in [3.63, 3.8) is 0 Å². The fourth-order valence-electron chi connectivity index (χ4n) is 5.24. The number of fused-ring (bicyclic) bond motifs is 2. The molecule has 5 aliphatic rings. The van der Waals surface area contributed by atoms with Crippen molar-refractivity contribution in [3.8, 4) is 5.75 Å². The van der Waals surface area contributed by atoms with Gasteiger partial charge in [0.2, 0.25) is 0 Å². The van der Waals surface area contributed by atoms with Gasteiger partial charge in [-0.15, -0.1) is 0 Å².